The van der Waals surface area contributed by atoms with Gasteiger partial charge in [0.05, 0.1) is 24.1 Å². The first kappa shape index (κ1) is 18.8. The highest BCUT2D eigenvalue weighted by molar-refractivity contribution is 7.13. The van der Waals surface area contributed by atoms with Gasteiger partial charge in [0.15, 0.2) is 11.6 Å². The molecule has 0 saturated carbocycles. The first-order chi connectivity index (χ1) is 13.1. The van der Waals surface area contributed by atoms with Gasteiger partial charge in [0, 0.05) is 13.1 Å². The van der Waals surface area contributed by atoms with Gasteiger partial charge in [-0.1, -0.05) is 27.7 Å². The summed E-state index contributed by atoms with van der Waals surface area (Å²) in [7, 11) is 1.73. The fraction of sp³-hybridized carbons (Fsp3) is 0.294. The zero-order valence-electron chi connectivity index (χ0n) is 15.0. The second-order valence-corrected chi connectivity index (χ2v) is 6.41. The van der Waals surface area contributed by atoms with E-state index in [1.807, 2.05) is 13.8 Å². The molecule has 0 atom stereocenters. The summed E-state index contributed by atoms with van der Waals surface area (Å²) in [6, 6.07) is 5.88. The molecule has 8 nitrogen and oxygen atoms in total. The molecule has 3 rings (SSSR count). The number of benzene rings is 1. The summed E-state index contributed by atoms with van der Waals surface area (Å²) < 4.78 is 25.9. The van der Waals surface area contributed by atoms with E-state index in [2.05, 4.69) is 20.5 Å². The minimum atomic E-state index is -0.381. The summed E-state index contributed by atoms with van der Waals surface area (Å²) in [5.74, 6) is 0.416. The van der Waals surface area contributed by atoms with E-state index in [1.54, 1.807) is 23.9 Å². The molecule has 0 bridgehead atoms. The smallest absolute Gasteiger partial charge is 0.294 e. The quantitative estimate of drug-likeness (QED) is 0.432. The zero-order chi connectivity index (χ0) is 19.2. The molecule has 0 spiro atoms. The zero-order valence-corrected chi connectivity index (χ0v) is 15.9. The number of nitrogens with zero attached hydrogens (tertiary/aromatic N) is 5. The van der Waals surface area contributed by atoms with Gasteiger partial charge in [0.25, 0.3) is 5.19 Å². The van der Waals surface area contributed by atoms with Crippen LogP contribution >= 0.6 is 11.3 Å². The molecule has 0 amide bonds. The van der Waals surface area contributed by atoms with Crippen LogP contribution in [-0.4, -0.2) is 32.8 Å². The number of oxime groups is 1. The highest BCUT2D eigenvalue weighted by atomic mass is 32.1. The maximum Gasteiger partial charge on any atom is 0.294 e. The third-order valence-corrected chi connectivity index (χ3v) is 4.19. The lowest BCUT2D eigenvalue weighted by molar-refractivity contribution is 0.131. The van der Waals surface area contributed by atoms with Crippen LogP contribution in [0.2, 0.25) is 0 Å². The molecule has 0 N–H and O–H groups in total. The van der Waals surface area contributed by atoms with Crippen molar-refractivity contribution in [1.29, 1.82) is 0 Å². The van der Waals surface area contributed by atoms with Gasteiger partial charge in [-0.25, -0.2) is 9.07 Å². The lowest BCUT2D eigenvalue weighted by atomic mass is 10.3. The Bertz CT molecular complexity index is 941. The van der Waals surface area contributed by atoms with Gasteiger partial charge in [-0.15, -0.1) is 5.10 Å². The summed E-state index contributed by atoms with van der Waals surface area (Å²) in [5, 5.41) is 17.2. The predicted molar refractivity (Wildman–Crippen MR) is 97.9 cm³/mol. The molecule has 0 aliphatic heterocycles. The van der Waals surface area contributed by atoms with E-state index in [0.717, 1.165) is 0 Å². The Morgan fingerprint density at radius 2 is 2.19 bits per heavy atom. The van der Waals surface area contributed by atoms with Crippen LogP contribution in [0.15, 0.2) is 29.4 Å². The van der Waals surface area contributed by atoms with Gasteiger partial charge in [0.2, 0.25) is 5.88 Å². The maximum absolute atomic E-state index is 13.4. The molecule has 0 aliphatic rings. The number of aromatic nitrogens is 4. The van der Waals surface area contributed by atoms with Gasteiger partial charge in [-0.05, 0) is 26.0 Å². The molecule has 0 aliphatic carbocycles. The maximum atomic E-state index is 13.4. The van der Waals surface area contributed by atoms with E-state index in [4.69, 9.17) is 14.3 Å². The van der Waals surface area contributed by atoms with E-state index in [9.17, 15) is 4.39 Å². The highest BCUT2D eigenvalue weighted by Gasteiger charge is 2.14. The lowest BCUT2D eigenvalue weighted by Gasteiger charge is -2.06. The van der Waals surface area contributed by atoms with E-state index < -0.39 is 0 Å². The van der Waals surface area contributed by atoms with Gasteiger partial charge in [0.1, 0.15) is 11.6 Å². The molecule has 2 heterocycles. The molecule has 0 radical (unpaired) electrons. The minimum absolute atomic E-state index is 0.167. The molecule has 0 saturated heterocycles. The molecule has 27 heavy (non-hydrogen) atoms. The van der Waals surface area contributed by atoms with Crippen LogP contribution in [0.5, 0.6) is 16.8 Å². The van der Waals surface area contributed by atoms with Crippen LogP contribution < -0.4 is 9.47 Å². The van der Waals surface area contributed by atoms with Gasteiger partial charge < -0.3 is 14.3 Å². The topological polar surface area (TPSA) is 83.7 Å². The normalized spacial score (nSPS) is 11.1. The van der Waals surface area contributed by atoms with E-state index in [1.165, 1.54) is 29.7 Å². The second kappa shape index (κ2) is 8.58. The Morgan fingerprint density at radius 3 is 2.96 bits per heavy atom. The summed E-state index contributed by atoms with van der Waals surface area (Å²) >= 11 is 1.30. The van der Waals surface area contributed by atoms with Crippen molar-refractivity contribution in [2.45, 2.75) is 20.5 Å². The molecule has 1 aromatic carbocycles. The number of hydrogen-bond donors (Lipinski definition) is 0. The largest absolute Gasteiger partial charge is 0.469 e. The molecule has 2 aromatic heterocycles. The van der Waals surface area contributed by atoms with E-state index >= 15 is 0 Å². The molecule has 3 aromatic rings. The van der Waals surface area contributed by atoms with Crippen LogP contribution in [0.25, 0.3) is 0 Å². The lowest BCUT2D eigenvalue weighted by Crippen LogP contribution is -1.97. The SMILES string of the molecule is CCOc1nnc(CO/N=C/c2c(C)nn(C)c2Oc2cccc(F)c2)s1. The summed E-state index contributed by atoms with van der Waals surface area (Å²) in [4.78, 5) is 5.27. The number of aryl methyl sites for hydroxylation is 2. The summed E-state index contributed by atoms with van der Waals surface area (Å²) in [5.41, 5.74) is 1.33. The monoisotopic (exact) mass is 391 g/mol. The Morgan fingerprint density at radius 1 is 1.33 bits per heavy atom. The highest BCUT2D eigenvalue weighted by Crippen LogP contribution is 2.26. The van der Waals surface area contributed by atoms with Crippen LogP contribution in [0.4, 0.5) is 4.39 Å². The van der Waals surface area contributed by atoms with Crippen molar-refractivity contribution in [2.75, 3.05) is 6.61 Å². The van der Waals surface area contributed by atoms with Crippen LogP contribution in [-0.2, 0) is 18.5 Å². The van der Waals surface area contributed by atoms with Crippen molar-refractivity contribution < 1.29 is 18.7 Å². The molecule has 0 unspecified atom stereocenters. The van der Waals surface area contributed by atoms with Crippen molar-refractivity contribution in [3.8, 4) is 16.8 Å². The molecular weight excluding hydrogens is 373 g/mol. The number of ether oxygens (including phenoxy) is 2. The third kappa shape index (κ3) is 4.79. The molecular formula is C17H18FN5O3S. The predicted octanol–water partition coefficient (Wildman–Crippen LogP) is 3.46. The Labute approximate surface area is 159 Å². The first-order valence-electron chi connectivity index (χ1n) is 8.14. The van der Waals surface area contributed by atoms with Gasteiger partial charge in [-0.3, -0.25) is 0 Å². The van der Waals surface area contributed by atoms with Crippen molar-refractivity contribution in [1.82, 2.24) is 20.0 Å². The Kier molecular flexibility index (Phi) is 5.97. The average molecular weight is 391 g/mol. The standard InChI is InChI=1S/C17H18FN5O3S/c1-4-24-17-21-20-15(27-17)10-25-19-9-14-11(2)22-23(3)16(14)26-13-7-5-6-12(18)8-13/h5-9H,4,10H2,1-3H3/b19-9+. The molecule has 142 valence electrons. The van der Waals surface area contributed by atoms with E-state index in [0.29, 0.717) is 39.7 Å². The molecule has 10 heteroatoms. The van der Waals surface area contributed by atoms with Crippen LogP contribution in [0.3, 0.4) is 0 Å². The minimum Gasteiger partial charge on any atom is -0.469 e. The summed E-state index contributed by atoms with van der Waals surface area (Å²) in [6.45, 7) is 4.39. The van der Waals surface area contributed by atoms with Crippen molar-refractivity contribution in [2.24, 2.45) is 12.2 Å². The van der Waals surface area contributed by atoms with E-state index in [-0.39, 0.29) is 12.4 Å². The molecule has 0 fully saturated rings. The number of hydrogen-bond acceptors (Lipinski definition) is 8. The van der Waals surface area contributed by atoms with Crippen LogP contribution in [0.1, 0.15) is 23.2 Å². The Hall–Kier alpha value is -3.01. The van der Waals surface area contributed by atoms with Crippen molar-refractivity contribution >= 4 is 17.6 Å². The fourth-order valence-electron chi connectivity index (χ4n) is 2.23. The van der Waals surface area contributed by atoms with Crippen molar-refractivity contribution in [3.05, 3.63) is 46.3 Å². The van der Waals surface area contributed by atoms with Gasteiger partial charge >= 0.3 is 0 Å². The first-order valence-corrected chi connectivity index (χ1v) is 8.96. The second-order valence-electron chi connectivity index (χ2n) is 5.39. The van der Waals surface area contributed by atoms with Crippen LogP contribution in [0, 0.1) is 12.7 Å². The fourth-order valence-corrected chi connectivity index (χ4v) is 2.88. The third-order valence-electron chi connectivity index (χ3n) is 3.39. The number of rotatable bonds is 8. The number of halogens is 1. The Balaban J connectivity index is 1.67. The van der Waals surface area contributed by atoms with Gasteiger partial charge in [-0.2, -0.15) is 5.10 Å². The van der Waals surface area contributed by atoms with Crippen molar-refractivity contribution in [3.63, 3.8) is 0 Å². The average Bonchev–Trinajstić information content (AvgIpc) is 3.17. The summed E-state index contributed by atoms with van der Waals surface area (Å²) in [6.07, 6.45) is 1.50.